The second kappa shape index (κ2) is 6.68. The second-order valence-electron chi connectivity index (χ2n) is 4.71. The predicted molar refractivity (Wildman–Crippen MR) is 78.4 cm³/mol. The van der Waals surface area contributed by atoms with E-state index < -0.39 is 0 Å². The van der Waals surface area contributed by atoms with Gasteiger partial charge in [-0.3, -0.25) is 0 Å². The Morgan fingerprint density at radius 2 is 2.00 bits per heavy atom. The molecule has 4 nitrogen and oxygen atoms in total. The number of halogens is 1. The van der Waals surface area contributed by atoms with Crippen LogP contribution in [0.25, 0.3) is 0 Å². The fraction of sp³-hybridized carbons (Fsp3) is 0.333. The fourth-order valence-electron chi connectivity index (χ4n) is 1.75. The van der Waals surface area contributed by atoms with Gasteiger partial charge in [-0.25, -0.2) is 4.98 Å². The van der Waals surface area contributed by atoms with E-state index in [-0.39, 0.29) is 0 Å². The Hall–Kier alpha value is -1.65. The van der Waals surface area contributed by atoms with E-state index in [4.69, 9.17) is 21.1 Å². The fourth-order valence-corrected chi connectivity index (χ4v) is 1.94. The van der Waals surface area contributed by atoms with Gasteiger partial charge in [0.15, 0.2) is 5.82 Å². The van der Waals surface area contributed by atoms with Gasteiger partial charge in [0.05, 0.1) is 0 Å². The van der Waals surface area contributed by atoms with Gasteiger partial charge in [0, 0.05) is 13.2 Å². The quantitative estimate of drug-likeness (QED) is 0.775. The van der Waals surface area contributed by atoms with E-state index in [1.54, 1.807) is 13.2 Å². The Labute approximate surface area is 123 Å². The molecular weight excluding hydrogens is 276 g/mol. The molecule has 0 radical (unpaired) electrons. The van der Waals surface area contributed by atoms with Crippen molar-refractivity contribution in [3.05, 3.63) is 46.9 Å². The molecule has 1 aromatic heterocycles. The van der Waals surface area contributed by atoms with E-state index in [2.05, 4.69) is 29.9 Å². The third kappa shape index (κ3) is 3.92. The number of benzene rings is 1. The summed E-state index contributed by atoms with van der Waals surface area (Å²) in [6.07, 6.45) is 0. The first-order valence-electron chi connectivity index (χ1n) is 6.38. The first-order chi connectivity index (χ1) is 9.58. The van der Waals surface area contributed by atoms with Crippen LogP contribution in [-0.4, -0.2) is 17.1 Å². The average molecular weight is 293 g/mol. The predicted octanol–water partition coefficient (Wildman–Crippen LogP) is 4.19. The van der Waals surface area contributed by atoms with Crippen molar-refractivity contribution in [2.45, 2.75) is 26.4 Å². The maximum atomic E-state index is 5.95. The molecule has 0 atom stereocenters. The molecule has 2 aromatic rings. The standard InChI is InChI=1S/C15H17ClN2O2/c1-10(2)11-5-4-6-12(7-11)20-15-8-13(16)17-14(18-15)9-19-3/h4-8,10H,9H2,1-3H3. The second-order valence-corrected chi connectivity index (χ2v) is 5.09. The lowest BCUT2D eigenvalue weighted by Gasteiger charge is -2.10. The van der Waals surface area contributed by atoms with Crippen molar-refractivity contribution < 1.29 is 9.47 Å². The van der Waals surface area contributed by atoms with E-state index in [9.17, 15) is 0 Å². The monoisotopic (exact) mass is 292 g/mol. The summed E-state index contributed by atoms with van der Waals surface area (Å²) in [6, 6.07) is 9.50. The minimum atomic E-state index is 0.295. The molecule has 0 aliphatic carbocycles. The molecule has 106 valence electrons. The van der Waals surface area contributed by atoms with Gasteiger partial charge in [-0.2, -0.15) is 4.98 Å². The number of nitrogens with zero attached hydrogens (tertiary/aromatic N) is 2. The van der Waals surface area contributed by atoms with Gasteiger partial charge < -0.3 is 9.47 Å². The molecule has 2 rings (SSSR count). The van der Waals surface area contributed by atoms with Crippen LogP contribution in [0, 0.1) is 0 Å². The summed E-state index contributed by atoms with van der Waals surface area (Å²) in [5.74, 6) is 2.08. The van der Waals surface area contributed by atoms with Gasteiger partial charge in [0.25, 0.3) is 0 Å². The summed E-state index contributed by atoms with van der Waals surface area (Å²) in [4.78, 5) is 8.31. The number of methoxy groups -OCH3 is 1. The van der Waals surface area contributed by atoms with E-state index >= 15 is 0 Å². The van der Waals surface area contributed by atoms with Crippen LogP contribution in [0.4, 0.5) is 0 Å². The summed E-state index contributed by atoms with van der Waals surface area (Å²) in [7, 11) is 1.58. The van der Waals surface area contributed by atoms with E-state index in [1.807, 2.05) is 18.2 Å². The van der Waals surface area contributed by atoms with Crippen molar-refractivity contribution in [2.24, 2.45) is 0 Å². The highest BCUT2D eigenvalue weighted by Crippen LogP contribution is 2.25. The minimum absolute atomic E-state index is 0.295. The summed E-state index contributed by atoms with van der Waals surface area (Å²) in [6.45, 7) is 4.57. The maximum absolute atomic E-state index is 5.95. The number of rotatable bonds is 5. The van der Waals surface area contributed by atoms with Crippen LogP contribution in [0.5, 0.6) is 11.6 Å². The lowest BCUT2D eigenvalue weighted by atomic mass is 10.0. The third-order valence-corrected chi connectivity index (χ3v) is 2.93. The highest BCUT2D eigenvalue weighted by Gasteiger charge is 2.07. The molecule has 0 saturated carbocycles. The van der Waals surface area contributed by atoms with Crippen molar-refractivity contribution in [2.75, 3.05) is 7.11 Å². The van der Waals surface area contributed by atoms with Crippen molar-refractivity contribution >= 4 is 11.6 Å². The van der Waals surface area contributed by atoms with E-state index in [0.717, 1.165) is 5.75 Å². The van der Waals surface area contributed by atoms with Gasteiger partial charge in [-0.15, -0.1) is 0 Å². The van der Waals surface area contributed by atoms with Crippen LogP contribution < -0.4 is 4.74 Å². The van der Waals surface area contributed by atoms with Gasteiger partial charge in [-0.05, 0) is 23.6 Å². The van der Waals surface area contributed by atoms with Crippen LogP contribution in [0.1, 0.15) is 31.2 Å². The number of hydrogen-bond donors (Lipinski definition) is 0. The zero-order valence-corrected chi connectivity index (χ0v) is 12.5. The number of aromatic nitrogens is 2. The van der Waals surface area contributed by atoms with Crippen molar-refractivity contribution in [1.29, 1.82) is 0 Å². The zero-order chi connectivity index (χ0) is 14.5. The molecule has 0 N–H and O–H groups in total. The molecule has 1 aromatic carbocycles. The van der Waals surface area contributed by atoms with Crippen molar-refractivity contribution in [1.82, 2.24) is 9.97 Å². The minimum Gasteiger partial charge on any atom is -0.439 e. The Balaban J connectivity index is 2.23. The molecule has 0 bridgehead atoms. The first kappa shape index (κ1) is 14.8. The first-order valence-corrected chi connectivity index (χ1v) is 6.76. The summed E-state index contributed by atoms with van der Waals surface area (Å²) in [5.41, 5.74) is 1.21. The van der Waals surface area contributed by atoms with Gasteiger partial charge in [0.2, 0.25) is 5.88 Å². The SMILES string of the molecule is COCc1nc(Cl)cc(Oc2cccc(C(C)C)c2)n1. The Morgan fingerprint density at radius 1 is 1.20 bits per heavy atom. The molecule has 1 heterocycles. The smallest absolute Gasteiger partial charge is 0.224 e. The molecule has 20 heavy (non-hydrogen) atoms. The summed E-state index contributed by atoms with van der Waals surface area (Å²) >= 11 is 5.95. The molecule has 0 aliphatic heterocycles. The van der Waals surface area contributed by atoms with Gasteiger partial charge in [0.1, 0.15) is 17.5 Å². The van der Waals surface area contributed by atoms with Gasteiger partial charge in [-0.1, -0.05) is 37.6 Å². The normalized spacial score (nSPS) is 10.8. The van der Waals surface area contributed by atoms with Crippen LogP contribution in [0.15, 0.2) is 30.3 Å². The molecular formula is C15H17ClN2O2. The van der Waals surface area contributed by atoms with Crippen LogP contribution in [-0.2, 0) is 11.3 Å². The summed E-state index contributed by atoms with van der Waals surface area (Å²) < 4.78 is 10.7. The highest BCUT2D eigenvalue weighted by molar-refractivity contribution is 6.29. The largest absolute Gasteiger partial charge is 0.439 e. The van der Waals surface area contributed by atoms with Gasteiger partial charge >= 0.3 is 0 Å². The highest BCUT2D eigenvalue weighted by atomic mass is 35.5. The number of ether oxygens (including phenoxy) is 2. The Kier molecular flexibility index (Phi) is 4.93. The number of hydrogen-bond acceptors (Lipinski definition) is 4. The van der Waals surface area contributed by atoms with Crippen LogP contribution in [0.3, 0.4) is 0 Å². The Bertz CT molecular complexity index is 588. The van der Waals surface area contributed by atoms with E-state index in [1.165, 1.54) is 5.56 Å². The molecule has 0 amide bonds. The molecule has 0 aliphatic rings. The molecule has 5 heteroatoms. The molecule has 0 unspecified atom stereocenters. The lowest BCUT2D eigenvalue weighted by molar-refractivity contribution is 0.177. The third-order valence-electron chi connectivity index (χ3n) is 2.74. The maximum Gasteiger partial charge on any atom is 0.224 e. The molecule has 0 fully saturated rings. The molecule has 0 spiro atoms. The van der Waals surface area contributed by atoms with Crippen LogP contribution in [0.2, 0.25) is 5.15 Å². The topological polar surface area (TPSA) is 44.2 Å². The molecule has 0 saturated heterocycles. The van der Waals surface area contributed by atoms with Crippen LogP contribution >= 0.6 is 11.6 Å². The van der Waals surface area contributed by atoms with Crippen molar-refractivity contribution in [3.63, 3.8) is 0 Å². The Morgan fingerprint density at radius 3 is 2.70 bits per heavy atom. The average Bonchev–Trinajstić information content (AvgIpc) is 2.38. The zero-order valence-electron chi connectivity index (χ0n) is 11.8. The summed E-state index contributed by atoms with van der Waals surface area (Å²) in [5, 5.41) is 0.335. The van der Waals surface area contributed by atoms with Crippen molar-refractivity contribution in [3.8, 4) is 11.6 Å². The lowest BCUT2D eigenvalue weighted by Crippen LogP contribution is -1.99. The van der Waals surface area contributed by atoms with E-state index in [0.29, 0.717) is 29.4 Å².